The number of ether oxygens (including phenoxy) is 2. The fourth-order valence-electron chi connectivity index (χ4n) is 4.52. The van der Waals surface area contributed by atoms with Crippen molar-refractivity contribution in [2.24, 2.45) is 0 Å². The van der Waals surface area contributed by atoms with Gasteiger partial charge in [-0.2, -0.15) is 0 Å². The number of halogens is 3. The highest BCUT2D eigenvalue weighted by Crippen LogP contribution is 2.45. The molecule has 3 heterocycles. The largest absolute Gasteiger partial charge is 0.491 e. The van der Waals surface area contributed by atoms with Gasteiger partial charge in [-0.05, 0) is 24.6 Å². The molecule has 0 bridgehead atoms. The van der Waals surface area contributed by atoms with Gasteiger partial charge in [-0.1, -0.05) is 11.6 Å². The number of anilines is 2. The van der Waals surface area contributed by atoms with E-state index >= 15 is 4.39 Å². The van der Waals surface area contributed by atoms with Gasteiger partial charge in [-0.15, -0.1) is 0 Å². The number of nitrogens with zero attached hydrogens (tertiary/aromatic N) is 1. The molecule has 34 heavy (non-hydrogen) atoms. The van der Waals surface area contributed by atoms with E-state index in [2.05, 4.69) is 10.6 Å². The molecule has 0 spiro atoms. The van der Waals surface area contributed by atoms with Gasteiger partial charge >= 0.3 is 6.09 Å². The fraction of sp³-hybridized carbons (Fsp3) is 0.348. The molecule has 0 aromatic heterocycles. The van der Waals surface area contributed by atoms with Crippen molar-refractivity contribution in [3.05, 3.63) is 52.0 Å². The summed E-state index contributed by atoms with van der Waals surface area (Å²) in [7, 11) is 0. The van der Waals surface area contributed by atoms with Crippen LogP contribution in [0.15, 0.2) is 24.3 Å². The lowest BCUT2D eigenvalue weighted by molar-refractivity contribution is -0.134. The molecule has 0 radical (unpaired) electrons. The van der Waals surface area contributed by atoms with Crippen LogP contribution >= 0.6 is 11.6 Å². The molecule has 0 aliphatic carbocycles. The van der Waals surface area contributed by atoms with Gasteiger partial charge in [-0.3, -0.25) is 20.2 Å². The molecule has 2 saturated heterocycles. The SMILES string of the molecule is O=C1CCC(c2c(F)cc(N3CC(OC(=O)Nc4cc(Cl)ccc4F)C3)c3c2CCO3)C(=O)N1. The lowest BCUT2D eigenvalue weighted by atomic mass is 9.85. The van der Waals surface area contributed by atoms with Crippen molar-refractivity contribution in [3.8, 4) is 5.75 Å². The van der Waals surface area contributed by atoms with Crippen molar-refractivity contribution >= 4 is 40.9 Å². The highest BCUT2D eigenvalue weighted by Gasteiger charge is 2.39. The molecule has 3 aliphatic heterocycles. The van der Waals surface area contributed by atoms with Crippen LogP contribution in [-0.2, 0) is 20.7 Å². The van der Waals surface area contributed by atoms with E-state index in [0.717, 1.165) is 6.07 Å². The minimum Gasteiger partial charge on any atom is -0.491 e. The second-order valence-electron chi connectivity index (χ2n) is 8.38. The summed E-state index contributed by atoms with van der Waals surface area (Å²) in [5.74, 6) is -2.28. The summed E-state index contributed by atoms with van der Waals surface area (Å²) >= 11 is 5.82. The Morgan fingerprint density at radius 2 is 1.97 bits per heavy atom. The third kappa shape index (κ3) is 4.13. The first-order valence-corrected chi connectivity index (χ1v) is 11.2. The second kappa shape index (κ2) is 8.75. The summed E-state index contributed by atoms with van der Waals surface area (Å²) in [6.07, 6.45) is -0.465. The Balaban J connectivity index is 1.27. The number of hydrogen-bond donors (Lipinski definition) is 2. The van der Waals surface area contributed by atoms with E-state index in [9.17, 15) is 18.8 Å². The molecular formula is C23H20ClF2N3O5. The Labute approximate surface area is 198 Å². The summed E-state index contributed by atoms with van der Waals surface area (Å²) in [4.78, 5) is 37.7. The minimum absolute atomic E-state index is 0.0917. The fourth-order valence-corrected chi connectivity index (χ4v) is 4.69. The number of fused-ring (bicyclic) bond motifs is 1. The van der Waals surface area contributed by atoms with Gasteiger partial charge in [0.2, 0.25) is 11.8 Å². The maximum atomic E-state index is 15.2. The standard InChI is InChI=1S/C23H20ClF2N3O5/c24-11-1-3-15(25)17(7-11)27-23(32)34-12-9-29(10-12)18-8-16(26)20(13-5-6-33-21(13)18)14-2-4-19(30)28-22(14)31/h1,3,7-8,12,14H,2,4-6,9-10H2,(H,27,32)(H,28,30,31). The number of benzene rings is 2. The Bertz CT molecular complexity index is 1200. The van der Waals surface area contributed by atoms with Crippen LogP contribution in [0.4, 0.5) is 25.0 Å². The molecule has 2 aromatic carbocycles. The predicted molar refractivity (Wildman–Crippen MR) is 118 cm³/mol. The van der Waals surface area contributed by atoms with Crippen molar-refractivity contribution in [3.63, 3.8) is 0 Å². The minimum atomic E-state index is -0.827. The molecule has 1 atom stereocenters. The Kier molecular flexibility index (Phi) is 5.76. The molecule has 0 saturated carbocycles. The van der Waals surface area contributed by atoms with E-state index in [-0.39, 0.29) is 35.0 Å². The molecular weight excluding hydrogens is 472 g/mol. The van der Waals surface area contributed by atoms with E-state index < -0.39 is 35.7 Å². The number of rotatable bonds is 4. The number of amides is 3. The first kappa shape index (κ1) is 22.4. The number of hydrogen-bond acceptors (Lipinski definition) is 6. The maximum absolute atomic E-state index is 15.2. The highest BCUT2D eigenvalue weighted by atomic mass is 35.5. The van der Waals surface area contributed by atoms with Crippen molar-refractivity contribution in [2.75, 3.05) is 29.9 Å². The monoisotopic (exact) mass is 491 g/mol. The number of nitrogens with one attached hydrogen (secondary N) is 2. The number of imide groups is 1. The summed E-state index contributed by atoms with van der Waals surface area (Å²) < 4.78 is 40.1. The Morgan fingerprint density at radius 3 is 2.74 bits per heavy atom. The average Bonchev–Trinajstić information content (AvgIpc) is 3.23. The van der Waals surface area contributed by atoms with Crippen LogP contribution in [-0.4, -0.2) is 43.7 Å². The average molecular weight is 492 g/mol. The first-order chi connectivity index (χ1) is 16.3. The third-order valence-electron chi connectivity index (χ3n) is 6.17. The Morgan fingerprint density at radius 1 is 1.18 bits per heavy atom. The van der Waals surface area contributed by atoms with E-state index in [1.807, 2.05) is 0 Å². The molecule has 2 fully saturated rings. The van der Waals surface area contributed by atoms with E-state index in [1.165, 1.54) is 18.2 Å². The number of carbonyl (C=O) groups excluding carboxylic acids is 3. The van der Waals surface area contributed by atoms with Gasteiger partial charge < -0.3 is 14.4 Å². The summed E-state index contributed by atoms with van der Waals surface area (Å²) in [5, 5.41) is 4.86. The van der Waals surface area contributed by atoms with Crippen molar-refractivity contribution in [1.29, 1.82) is 0 Å². The molecule has 2 N–H and O–H groups in total. The molecule has 11 heteroatoms. The molecule has 1 unspecified atom stereocenters. The third-order valence-corrected chi connectivity index (χ3v) is 6.40. The zero-order valence-corrected chi connectivity index (χ0v) is 18.6. The number of carbonyl (C=O) groups is 3. The number of piperidine rings is 1. The van der Waals surface area contributed by atoms with Gasteiger partial charge in [0.15, 0.2) is 0 Å². The maximum Gasteiger partial charge on any atom is 0.412 e. The van der Waals surface area contributed by atoms with Gasteiger partial charge in [-0.25, -0.2) is 13.6 Å². The molecule has 5 rings (SSSR count). The molecule has 178 valence electrons. The predicted octanol–water partition coefficient (Wildman–Crippen LogP) is 3.51. The molecule has 3 amide bonds. The lowest BCUT2D eigenvalue weighted by Gasteiger charge is -2.40. The van der Waals surface area contributed by atoms with Gasteiger partial charge in [0, 0.05) is 35.1 Å². The van der Waals surface area contributed by atoms with Crippen LogP contribution in [0.5, 0.6) is 5.75 Å². The highest BCUT2D eigenvalue weighted by molar-refractivity contribution is 6.30. The van der Waals surface area contributed by atoms with Crippen LogP contribution in [0, 0.1) is 11.6 Å². The van der Waals surface area contributed by atoms with Crippen LogP contribution in [0.3, 0.4) is 0 Å². The van der Waals surface area contributed by atoms with Crippen molar-refractivity contribution in [2.45, 2.75) is 31.3 Å². The molecule has 2 aromatic rings. The van der Waals surface area contributed by atoms with E-state index in [1.54, 1.807) is 4.90 Å². The normalized spacial score (nSPS) is 19.7. The van der Waals surface area contributed by atoms with Crippen LogP contribution in [0.25, 0.3) is 0 Å². The van der Waals surface area contributed by atoms with Crippen LogP contribution in [0.1, 0.15) is 29.9 Å². The zero-order chi connectivity index (χ0) is 24.0. The van der Waals surface area contributed by atoms with Gasteiger partial charge in [0.25, 0.3) is 0 Å². The second-order valence-corrected chi connectivity index (χ2v) is 8.82. The Hall–Kier alpha value is -3.40. The molecule has 3 aliphatic rings. The van der Waals surface area contributed by atoms with Crippen molar-refractivity contribution in [1.82, 2.24) is 5.32 Å². The lowest BCUT2D eigenvalue weighted by Crippen LogP contribution is -2.53. The summed E-state index contributed by atoms with van der Waals surface area (Å²) in [6.45, 7) is 0.935. The van der Waals surface area contributed by atoms with Crippen LogP contribution in [0.2, 0.25) is 5.02 Å². The summed E-state index contributed by atoms with van der Waals surface area (Å²) in [5.41, 5.74) is 1.33. The molecule has 8 nitrogen and oxygen atoms in total. The van der Waals surface area contributed by atoms with Crippen molar-refractivity contribution < 1.29 is 32.6 Å². The van der Waals surface area contributed by atoms with Crippen LogP contribution < -0.4 is 20.3 Å². The smallest absolute Gasteiger partial charge is 0.412 e. The first-order valence-electron chi connectivity index (χ1n) is 10.8. The van der Waals surface area contributed by atoms with E-state index in [0.29, 0.717) is 43.1 Å². The van der Waals surface area contributed by atoms with Gasteiger partial charge in [0.05, 0.1) is 37.0 Å². The van der Waals surface area contributed by atoms with Gasteiger partial charge in [0.1, 0.15) is 23.5 Å². The van der Waals surface area contributed by atoms with E-state index in [4.69, 9.17) is 21.1 Å². The topological polar surface area (TPSA) is 97.0 Å². The zero-order valence-electron chi connectivity index (χ0n) is 17.8. The summed E-state index contributed by atoms with van der Waals surface area (Å²) in [6, 6.07) is 5.10. The quantitative estimate of drug-likeness (QED) is 0.635.